The number of fused-ring (bicyclic) bond motifs is 1. The summed E-state index contributed by atoms with van der Waals surface area (Å²) in [5.74, 6) is -1.19. The van der Waals surface area contributed by atoms with Crippen LogP contribution in [-0.2, 0) is 4.79 Å². The summed E-state index contributed by atoms with van der Waals surface area (Å²) in [6.45, 7) is 0. The van der Waals surface area contributed by atoms with Crippen molar-refractivity contribution in [2.75, 3.05) is 10.2 Å². The Balaban J connectivity index is 1.55. The molecule has 1 aliphatic carbocycles. The van der Waals surface area contributed by atoms with Crippen molar-refractivity contribution >= 4 is 58.0 Å². The molecule has 4 N–H and O–H groups in total. The third-order valence-electron chi connectivity index (χ3n) is 7.46. The minimum Gasteiger partial charge on any atom is -0.349 e. The van der Waals surface area contributed by atoms with E-state index in [2.05, 4.69) is 10.6 Å². The number of rotatable bonds is 5. The molecule has 212 valence electrons. The van der Waals surface area contributed by atoms with Gasteiger partial charge in [-0.15, -0.1) is 0 Å². The molecule has 3 aromatic carbocycles. The van der Waals surface area contributed by atoms with Gasteiger partial charge in [0.25, 0.3) is 17.5 Å². The lowest BCUT2D eigenvalue weighted by Gasteiger charge is -2.31. The third kappa shape index (κ3) is 6.19. The number of hydrogen-bond acceptors (Lipinski definition) is 6. The Morgan fingerprint density at radius 2 is 1.66 bits per heavy atom. The van der Waals surface area contributed by atoms with Crippen LogP contribution in [0.25, 0.3) is 0 Å². The Morgan fingerprint density at radius 1 is 0.976 bits per heavy atom. The lowest BCUT2D eigenvalue weighted by Crippen LogP contribution is -2.40. The van der Waals surface area contributed by atoms with E-state index in [0.717, 1.165) is 25.7 Å². The van der Waals surface area contributed by atoms with Crippen LogP contribution in [0.3, 0.4) is 0 Å². The predicted octanol–water partition coefficient (Wildman–Crippen LogP) is 5.63. The zero-order valence-electron chi connectivity index (χ0n) is 21.8. The standard InChI is InChI=1S/C29H27Cl2N5O5/c30-18-4-11-22(23(31)14-18)26-15-27(37)34-24-13-17(28(38)33-20-7-5-19(32)6-8-20)3-12-25(24)35(26)29(39)16-1-9-21(10-2-16)36(40)41/h1-4,9-14,19-20,26H,5-8,15,32H2,(H,33,38)(H,34,37). The highest BCUT2D eigenvalue weighted by Crippen LogP contribution is 2.42. The number of nitro benzene ring substituents is 1. The quantitative estimate of drug-likeness (QED) is 0.257. The van der Waals surface area contributed by atoms with Crippen molar-refractivity contribution in [2.45, 2.75) is 50.2 Å². The van der Waals surface area contributed by atoms with Gasteiger partial charge in [0.15, 0.2) is 0 Å². The monoisotopic (exact) mass is 595 g/mol. The van der Waals surface area contributed by atoms with E-state index in [4.69, 9.17) is 28.9 Å². The smallest absolute Gasteiger partial charge is 0.269 e. The first-order valence-corrected chi connectivity index (χ1v) is 13.9. The maximum absolute atomic E-state index is 14.0. The van der Waals surface area contributed by atoms with Gasteiger partial charge in [0.2, 0.25) is 5.91 Å². The molecule has 2 aliphatic rings. The number of nitrogens with one attached hydrogen (secondary N) is 2. The first-order chi connectivity index (χ1) is 19.6. The number of benzene rings is 3. The molecule has 1 atom stereocenters. The minimum atomic E-state index is -0.838. The molecule has 3 aromatic rings. The molecule has 1 unspecified atom stereocenters. The van der Waals surface area contributed by atoms with Crippen LogP contribution < -0.4 is 21.3 Å². The summed E-state index contributed by atoms with van der Waals surface area (Å²) >= 11 is 12.7. The number of non-ortho nitro benzene ring substituents is 1. The van der Waals surface area contributed by atoms with Crippen LogP contribution in [0.1, 0.15) is 64.4 Å². The molecule has 1 fully saturated rings. The van der Waals surface area contributed by atoms with Gasteiger partial charge in [-0.3, -0.25) is 29.4 Å². The normalized spacial score (nSPS) is 20.4. The molecule has 1 saturated carbocycles. The SMILES string of the molecule is NC1CCC(NC(=O)c2ccc3c(c2)NC(=O)CC(c2ccc(Cl)cc2Cl)N3C(=O)c2ccc([N+](=O)[O-])cc2)CC1. The summed E-state index contributed by atoms with van der Waals surface area (Å²) in [5, 5.41) is 17.7. The van der Waals surface area contributed by atoms with Crippen molar-refractivity contribution < 1.29 is 19.3 Å². The second-order valence-corrected chi connectivity index (χ2v) is 11.1. The summed E-state index contributed by atoms with van der Waals surface area (Å²) in [6, 6.07) is 14.1. The van der Waals surface area contributed by atoms with Gasteiger partial charge in [0, 0.05) is 45.4 Å². The summed E-state index contributed by atoms with van der Waals surface area (Å²) < 4.78 is 0. The van der Waals surface area contributed by atoms with E-state index in [1.807, 2.05) is 0 Å². The van der Waals surface area contributed by atoms with E-state index in [1.165, 1.54) is 35.2 Å². The number of halogens is 2. The molecule has 0 spiro atoms. The molecule has 3 amide bonds. The highest BCUT2D eigenvalue weighted by atomic mass is 35.5. The first kappa shape index (κ1) is 28.5. The van der Waals surface area contributed by atoms with Gasteiger partial charge in [-0.05, 0) is 73.7 Å². The first-order valence-electron chi connectivity index (χ1n) is 13.1. The number of anilines is 2. The Bertz CT molecular complexity index is 1520. The fourth-order valence-corrected chi connectivity index (χ4v) is 5.83. The fraction of sp³-hybridized carbons (Fsp3) is 0.276. The van der Waals surface area contributed by atoms with Gasteiger partial charge in [0.05, 0.1) is 28.8 Å². The van der Waals surface area contributed by atoms with Crippen LogP contribution in [0.5, 0.6) is 0 Å². The van der Waals surface area contributed by atoms with E-state index in [-0.39, 0.29) is 52.3 Å². The van der Waals surface area contributed by atoms with Gasteiger partial charge in [-0.25, -0.2) is 0 Å². The summed E-state index contributed by atoms with van der Waals surface area (Å²) in [6.07, 6.45) is 3.10. The molecule has 10 nitrogen and oxygen atoms in total. The number of nitrogens with two attached hydrogens (primary N) is 1. The van der Waals surface area contributed by atoms with Crippen molar-refractivity contribution in [1.82, 2.24) is 5.32 Å². The average Bonchev–Trinajstić information content (AvgIpc) is 3.09. The van der Waals surface area contributed by atoms with E-state index in [0.29, 0.717) is 21.8 Å². The average molecular weight is 596 g/mol. The molecule has 0 bridgehead atoms. The zero-order chi connectivity index (χ0) is 29.3. The maximum atomic E-state index is 14.0. The molecule has 12 heteroatoms. The van der Waals surface area contributed by atoms with Crippen molar-refractivity contribution in [3.8, 4) is 0 Å². The molecular weight excluding hydrogens is 569 g/mol. The third-order valence-corrected chi connectivity index (χ3v) is 8.02. The van der Waals surface area contributed by atoms with E-state index >= 15 is 0 Å². The summed E-state index contributed by atoms with van der Waals surface area (Å²) in [5.41, 5.74) is 7.42. The van der Waals surface area contributed by atoms with Crippen LogP contribution in [0.15, 0.2) is 60.7 Å². The van der Waals surface area contributed by atoms with Crippen molar-refractivity contribution in [3.63, 3.8) is 0 Å². The molecule has 1 heterocycles. The van der Waals surface area contributed by atoms with E-state index < -0.39 is 16.9 Å². The van der Waals surface area contributed by atoms with Gasteiger partial charge in [-0.2, -0.15) is 0 Å². The van der Waals surface area contributed by atoms with Crippen LogP contribution in [0.4, 0.5) is 17.1 Å². The Morgan fingerprint density at radius 3 is 2.32 bits per heavy atom. The molecular formula is C29H27Cl2N5O5. The Kier molecular flexibility index (Phi) is 8.25. The Labute approximate surface area is 245 Å². The number of carbonyl (C=O) groups is 3. The van der Waals surface area contributed by atoms with Crippen LogP contribution in [0.2, 0.25) is 10.0 Å². The van der Waals surface area contributed by atoms with Crippen LogP contribution in [-0.4, -0.2) is 34.7 Å². The molecule has 0 saturated heterocycles. The van der Waals surface area contributed by atoms with Crippen molar-refractivity contribution in [2.24, 2.45) is 5.73 Å². The summed E-state index contributed by atoms with van der Waals surface area (Å²) in [4.78, 5) is 52.3. The summed E-state index contributed by atoms with van der Waals surface area (Å²) in [7, 11) is 0. The van der Waals surface area contributed by atoms with Gasteiger partial charge in [0.1, 0.15) is 0 Å². The lowest BCUT2D eigenvalue weighted by atomic mass is 9.91. The van der Waals surface area contributed by atoms with Crippen LogP contribution in [0, 0.1) is 10.1 Å². The number of hydrogen-bond donors (Lipinski definition) is 3. The Hall–Kier alpha value is -3.99. The minimum absolute atomic E-state index is 0.00680. The predicted molar refractivity (Wildman–Crippen MR) is 156 cm³/mol. The van der Waals surface area contributed by atoms with Crippen molar-refractivity contribution in [3.05, 3.63) is 97.5 Å². The van der Waals surface area contributed by atoms with Crippen molar-refractivity contribution in [1.29, 1.82) is 0 Å². The molecule has 41 heavy (non-hydrogen) atoms. The second-order valence-electron chi connectivity index (χ2n) is 10.2. The molecule has 0 radical (unpaired) electrons. The molecule has 1 aliphatic heterocycles. The number of carbonyl (C=O) groups excluding carboxylic acids is 3. The number of nitrogens with zero attached hydrogens (tertiary/aromatic N) is 2. The number of nitro groups is 1. The highest BCUT2D eigenvalue weighted by molar-refractivity contribution is 6.35. The second kappa shape index (κ2) is 11.9. The van der Waals surface area contributed by atoms with E-state index in [9.17, 15) is 24.5 Å². The topological polar surface area (TPSA) is 148 Å². The van der Waals surface area contributed by atoms with Gasteiger partial charge < -0.3 is 16.4 Å². The highest BCUT2D eigenvalue weighted by Gasteiger charge is 2.36. The van der Waals surface area contributed by atoms with Gasteiger partial charge >= 0.3 is 0 Å². The molecule has 5 rings (SSSR count). The lowest BCUT2D eigenvalue weighted by molar-refractivity contribution is -0.384. The van der Waals surface area contributed by atoms with Crippen LogP contribution >= 0.6 is 23.2 Å². The maximum Gasteiger partial charge on any atom is 0.269 e. The van der Waals surface area contributed by atoms with Gasteiger partial charge in [-0.1, -0.05) is 29.3 Å². The number of amides is 3. The van der Waals surface area contributed by atoms with E-state index in [1.54, 1.807) is 30.3 Å². The fourth-order valence-electron chi connectivity index (χ4n) is 5.29. The zero-order valence-corrected chi connectivity index (χ0v) is 23.3. The molecule has 0 aromatic heterocycles. The largest absolute Gasteiger partial charge is 0.349 e.